The van der Waals surface area contributed by atoms with E-state index in [0.717, 1.165) is 20.3 Å². The summed E-state index contributed by atoms with van der Waals surface area (Å²) in [7, 11) is 2.00. The molecule has 4 heteroatoms. The van der Waals surface area contributed by atoms with Crippen molar-refractivity contribution in [3.05, 3.63) is 12.7 Å². The highest BCUT2D eigenvalue weighted by Crippen LogP contribution is 2.15. The van der Waals surface area contributed by atoms with Gasteiger partial charge in [0.05, 0.1) is 0 Å². The van der Waals surface area contributed by atoms with Gasteiger partial charge in [0.1, 0.15) is 0 Å². The first-order valence-electron chi connectivity index (χ1n) is 5.02. The number of rotatable bonds is 1. The molecule has 0 bridgehead atoms. The van der Waals surface area contributed by atoms with E-state index >= 15 is 0 Å². The fraction of sp³-hybridized carbons (Fsp3) is 0.727. The largest absolute Gasteiger partial charge is 0.478 e. The quantitative estimate of drug-likeness (QED) is 0.589. The van der Waals surface area contributed by atoms with Gasteiger partial charge in [0.15, 0.2) is 0 Å². The standard InChI is InChI=1S/C6H12.C3H4O2.2CH4O/c1-2-4-6-5-3-1;1-2-3(4)5;2*1-2/h1-6H2;2H,1H2,(H,4,5);2*2H,1H3. The number of aliphatic carboxylic acids is 1. The monoisotopic (exact) mass is 220 g/mol. The number of hydrogen-bond donors (Lipinski definition) is 3. The SMILES string of the molecule is C1CCCCC1.C=CC(=O)O.CO.CO. The van der Waals surface area contributed by atoms with Crippen molar-refractivity contribution in [2.24, 2.45) is 0 Å². The van der Waals surface area contributed by atoms with Gasteiger partial charge in [0.2, 0.25) is 0 Å². The number of carboxylic acid groups (broad SMARTS) is 1. The Labute approximate surface area is 92.3 Å². The number of aliphatic hydroxyl groups is 2. The Kier molecular flexibility index (Phi) is 30.4. The van der Waals surface area contributed by atoms with Gasteiger partial charge >= 0.3 is 5.97 Å². The molecule has 3 N–H and O–H groups in total. The van der Waals surface area contributed by atoms with Gasteiger partial charge in [-0.15, -0.1) is 0 Å². The van der Waals surface area contributed by atoms with E-state index in [1.54, 1.807) is 0 Å². The van der Waals surface area contributed by atoms with Crippen LogP contribution >= 0.6 is 0 Å². The van der Waals surface area contributed by atoms with Gasteiger partial charge in [0, 0.05) is 20.3 Å². The molecule has 1 rings (SSSR count). The molecule has 1 aliphatic rings. The van der Waals surface area contributed by atoms with E-state index in [1.807, 2.05) is 0 Å². The zero-order valence-corrected chi connectivity index (χ0v) is 9.78. The summed E-state index contributed by atoms with van der Waals surface area (Å²) in [6.45, 7) is 2.96. The molecule has 0 aromatic carbocycles. The molecule has 15 heavy (non-hydrogen) atoms. The second-order valence-electron chi connectivity index (χ2n) is 2.66. The smallest absolute Gasteiger partial charge is 0.327 e. The summed E-state index contributed by atoms with van der Waals surface area (Å²) in [4.78, 5) is 9.25. The van der Waals surface area contributed by atoms with Crippen molar-refractivity contribution in [2.75, 3.05) is 14.2 Å². The fourth-order valence-electron chi connectivity index (χ4n) is 1.06. The average molecular weight is 220 g/mol. The van der Waals surface area contributed by atoms with E-state index in [1.165, 1.54) is 38.5 Å². The van der Waals surface area contributed by atoms with Crippen LogP contribution in [0.2, 0.25) is 0 Å². The zero-order valence-electron chi connectivity index (χ0n) is 9.78. The molecule has 0 radical (unpaired) electrons. The number of carbonyl (C=O) groups is 1. The molecule has 0 atom stereocenters. The predicted octanol–water partition coefficient (Wildman–Crippen LogP) is 1.81. The summed E-state index contributed by atoms with van der Waals surface area (Å²) in [5.74, 6) is -0.981. The Hall–Kier alpha value is -0.870. The maximum atomic E-state index is 9.25. The minimum absolute atomic E-state index is 0.833. The van der Waals surface area contributed by atoms with Gasteiger partial charge < -0.3 is 15.3 Å². The van der Waals surface area contributed by atoms with Crippen LogP contribution in [0.1, 0.15) is 38.5 Å². The van der Waals surface area contributed by atoms with Crippen LogP contribution in [-0.2, 0) is 4.79 Å². The molecule has 0 saturated heterocycles. The first kappa shape index (κ1) is 19.7. The Bertz CT molecular complexity index is 108. The second kappa shape index (κ2) is 23.2. The van der Waals surface area contributed by atoms with Crippen molar-refractivity contribution in [2.45, 2.75) is 38.5 Å². The van der Waals surface area contributed by atoms with E-state index in [0.29, 0.717) is 0 Å². The topological polar surface area (TPSA) is 77.8 Å². The predicted molar refractivity (Wildman–Crippen MR) is 61.8 cm³/mol. The summed E-state index contributed by atoms with van der Waals surface area (Å²) in [6.07, 6.45) is 9.83. The van der Waals surface area contributed by atoms with Gasteiger partial charge in [0.25, 0.3) is 0 Å². The maximum absolute atomic E-state index is 9.25. The first-order valence-corrected chi connectivity index (χ1v) is 5.02. The Morgan fingerprint density at radius 1 is 0.933 bits per heavy atom. The second-order valence-corrected chi connectivity index (χ2v) is 2.66. The Morgan fingerprint density at radius 2 is 1.07 bits per heavy atom. The van der Waals surface area contributed by atoms with Crippen LogP contribution in [0.4, 0.5) is 0 Å². The van der Waals surface area contributed by atoms with Crippen LogP contribution < -0.4 is 0 Å². The third kappa shape index (κ3) is 32.0. The molecule has 0 heterocycles. The van der Waals surface area contributed by atoms with Crippen molar-refractivity contribution in [3.8, 4) is 0 Å². The molecule has 0 unspecified atom stereocenters. The van der Waals surface area contributed by atoms with Crippen LogP contribution in [-0.4, -0.2) is 35.5 Å². The number of aliphatic hydroxyl groups excluding tert-OH is 2. The van der Waals surface area contributed by atoms with E-state index in [2.05, 4.69) is 6.58 Å². The summed E-state index contributed by atoms with van der Waals surface area (Å²) < 4.78 is 0. The van der Waals surface area contributed by atoms with Crippen LogP contribution in [0.15, 0.2) is 12.7 Å². The summed E-state index contributed by atoms with van der Waals surface area (Å²) in [6, 6.07) is 0. The Balaban J connectivity index is -0.000000146. The molecule has 1 fully saturated rings. The molecular weight excluding hydrogens is 196 g/mol. The third-order valence-electron chi connectivity index (χ3n) is 1.67. The van der Waals surface area contributed by atoms with E-state index < -0.39 is 5.97 Å². The summed E-state index contributed by atoms with van der Waals surface area (Å²) in [5.41, 5.74) is 0. The summed E-state index contributed by atoms with van der Waals surface area (Å²) in [5, 5.41) is 21.6. The van der Waals surface area contributed by atoms with Gasteiger partial charge in [-0.3, -0.25) is 0 Å². The minimum atomic E-state index is -0.981. The van der Waals surface area contributed by atoms with Crippen LogP contribution in [0, 0.1) is 0 Å². The van der Waals surface area contributed by atoms with Crippen molar-refractivity contribution < 1.29 is 20.1 Å². The lowest BCUT2D eigenvalue weighted by Crippen LogP contribution is -1.85. The maximum Gasteiger partial charge on any atom is 0.327 e. The van der Waals surface area contributed by atoms with Crippen molar-refractivity contribution in [1.82, 2.24) is 0 Å². The fourth-order valence-corrected chi connectivity index (χ4v) is 1.06. The highest BCUT2D eigenvalue weighted by molar-refractivity contribution is 5.78. The molecule has 0 spiro atoms. The molecular formula is C11H24O4. The Morgan fingerprint density at radius 3 is 1.13 bits per heavy atom. The van der Waals surface area contributed by atoms with Crippen LogP contribution in [0.3, 0.4) is 0 Å². The highest BCUT2D eigenvalue weighted by Gasteiger charge is 1.95. The molecule has 4 nitrogen and oxygen atoms in total. The molecule has 92 valence electrons. The average Bonchev–Trinajstić information content (AvgIpc) is 2.37. The van der Waals surface area contributed by atoms with Gasteiger partial charge in [-0.2, -0.15) is 0 Å². The van der Waals surface area contributed by atoms with Crippen LogP contribution in [0.25, 0.3) is 0 Å². The first-order chi connectivity index (χ1) is 7.27. The number of carboxylic acids is 1. The summed E-state index contributed by atoms with van der Waals surface area (Å²) >= 11 is 0. The molecule has 0 aromatic rings. The molecule has 1 saturated carbocycles. The van der Waals surface area contributed by atoms with E-state index in [4.69, 9.17) is 15.3 Å². The van der Waals surface area contributed by atoms with Gasteiger partial charge in [-0.05, 0) is 0 Å². The van der Waals surface area contributed by atoms with Crippen molar-refractivity contribution >= 4 is 5.97 Å². The molecule has 0 aromatic heterocycles. The lowest BCUT2D eigenvalue weighted by Gasteiger charge is -2.05. The van der Waals surface area contributed by atoms with E-state index in [9.17, 15) is 4.79 Å². The molecule has 0 aliphatic heterocycles. The van der Waals surface area contributed by atoms with E-state index in [-0.39, 0.29) is 0 Å². The highest BCUT2D eigenvalue weighted by atomic mass is 16.4. The van der Waals surface area contributed by atoms with Crippen molar-refractivity contribution in [3.63, 3.8) is 0 Å². The third-order valence-corrected chi connectivity index (χ3v) is 1.67. The van der Waals surface area contributed by atoms with Crippen molar-refractivity contribution in [1.29, 1.82) is 0 Å². The van der Waals surface area contributed by atoms with Gasteiger partial charge in [-0.25, -0.2) is 4.79 Å². The zero-order chi connectivity index (χ0) is 12.5. The molecule has 0 amide bonds. The van der Waals surface area contributed by atoms with Gasteiger partial charge in [-0.1, -0.05) is 45.1 Å². The lowest BCUT2D eigenvalue weighted by molar-refractivity contribution is -0.131. The minimum Gasteiger partial charge on any atom is -0.478 e. The normalized spacial score (nSPS) is 12.5. The molecule has 1 aliphatic carbocycles. The van der Waals surface area contributed by atoms with Crippen LogP contribution in [0.5, 0.6) is 0 Å². The number of hydrogen-bond acceptors (Lipinski definition) is 3. The lowest BCUT2D eigenvalue weighted by atomic mass is 10.0.